The molecule has 1 heterocycles. The summed E-state index contributed by atoms with van der Waals surface area (Å²) in [6, 6.07) is 9.97. The predicted octanol–water partition coefficient (Wildman–Crippen LogP) is 2.72. The van der Waals surface area contributed by atoms with E-state index in [0.29, 0.717) is 6.42 Å². The number of carbonyl (C=O) groups is 1. The fraction of sp³-hybridized carbons (Fsp3) is 0.375. The molecule has 0 fully saturated rings. The van der Waals surface area contributed by atoms with E-state index in [4.69, 9.17) is 0 Å². The smallest absolute Gasteiger partial charge is 0.220 e. The zero-order chi connectivity index (χ0) is 14.2. The molecule has 0 unspecified atom stereocenters. The van der Waals surface area contributed by atoms with Crippen molar-refractivity contribution in [2.45, 2.75) is 32.6 Å². The Hall–Kier alpha value is -2.10. The van der Waals surface area contributed by atoms with Crippen LogP contribution in [0.2, 0.25) is 0 Å². The number of hydrogen-bond donors (Lipinski definition) is 1. The number of nitrogens with zero attached hydrogens (tertiary/aromatic N) is 2. The normalized spacial score (nSPS) is 10.4. The highest BCUT2D eigenvalue weighted by molar-refractivity contribution is 5.76. The molecule has 2 aromatic rings. The fourth-order valence-corrected chi connectivity index (χ4v) is 1.96. The van der Waals surface area contributed by atoms with E-state index in [2.05, 4.69) is 17.3 Å². The number of rotatable bonds is 7. The molecule has 1 N–H and O–H groups in total. The minimum Gasteiger partial charge on any atom is -0.356 e. The van der Waals surface area contributed by atoms with Crippen LogP contribution in [0.4, 0.5) is 0 Å². The molecule has 20 heavy (non-hydrogen) atoms. The zero-order valence-corrected chi connectivity index (χ0v) is 11.9. The predicted molar refractivity (Wildman–Crippen MR) is 79.8 cm³/mol. The van der Waals surface area contributed by atoms with E-state index < -0.39 is 0 Å². The number of aromatic nitrogens is 2. The minimum atomic E-state index is 0.117. The van der Waals surface area contributed by atoms with Gasteiger partial charge in [-0.3, -0.25) is 4.79 Å². The zero-order valence-electron chi connectivity index (χ0n) is 11.9. The molecule has 1 aromatic carbocycles. The Kier molecular flexibility index (Phi) is 5.35. The molecule has 106 valence electrons. The van der Waals surface area contributed by atoms with Crippen LogP contribution >= 0.6 is 0 Å². The van der Waals surface area contributed by atoms with Crippen molar-refractivity contribution in [3.8, 4) is 5.69 Å². The highest BCUT2D eigenvalue weighted by atomic mass is 16.1. The van der Waals surface area contributed by atoms with Crippen LogP contribution in [0.15, 0.2) is 42.7 Å². The van der Waals surface area contributed by atoms with Gasteiger partial charge in [0.15, 0.2) is 0 Å². The van der Waals surface area contributed by atoms with Gasteiger partial charge in [0.05, 0.1) is 11.9 Å². The Morgan fingerprint density at radius 3 is 2.85 bits per heavy atom. The van der Waals surface area contributed by atoms with Crippen molar-refractivity contribution in [1.29, 1.82) is 0 Å². The molecular weight excluding hydrogens is 250 g/mol. The van der Waals surface area contributed by atoms with Crippen molar-refractivity contribution in [3.05, 3.63) is 48.3 Å². The van der Waals surface area contributed by atoms with Crippen LogP contribution in [0.5, 0.6) is 0 Å². The molecule has 0 atom stereocenters. The quantitative estimate of drug-likeness (QED) is 0.787. The summed E-state index contributed by atoms with van der Waals surface area (Å²) in [5.74, 6) is 0.117. The Morgan fingerprint density at radius 1 is 1.30 bits per heavy atom. The molecule has 0 saturated carbocycles. The van der Waals surface area contributed by atoms with Gasteiger partial charge < -0.3 is 5.32 Å². The summed E-state index contributed by atoms with van der Waals surface area (Å²) >= 11 is 0. The average Bonchev–Trinajstić information content (AvgIpc) is 2.95. The first kappa shape index (κ1) is 14.3. The van der Waals surface area contributed by atoms with Crippen LogP contribution in [0, 0.1) is 0 Å². The Morgan fingerprint density at radius 2 is 2.10 bits per heavy atom. The molecule has 1 amide bonds. The van der Waals surface area contributed by atoms with Crippen molar-refractivity contribution in [2.24, 2.45) is 0 Å². The van der Waals surface area contributed by atoms with E-state index in [1.54, 1.807) is 0 Å². The van der Waals surface area contributed by atoms with Crippen molar-refractivity contribution in [2.75, 3.05) is 6.54 Å². The van der Waals surface area contributed by atoms with Crippen LogP contribution in [-0.2, 0) is 11.2 Å². The Bertz CT molecular complexity index is 534. The van der Waals surface area contributed by atoms with Crippen LogP contribution in [-0.4, -0.2) is 22.2 Å². The van der Waals surface area contributed by atoms with E-state index in [0.717, 1.165) is 37.1 Å². The summed E-state index contributed by atoms with van der Waals surface area (Å²) in [7, 11) is 0. The van der Waals surface area contributed by atoms with Gasteiger partial charge in [-0.1, -0.05) is 31.5 Å². The van der Waals surface area contributed by atoms with Crippen LogP contribution in [0.25, 0.3) is 5.69 Å². The Labute approximate surface area is 119 Å². The second-order valence-electron chi connectivity index (χ2n) is 4.83. The van der Waals surface area contributed by atoms with Gasteiger partial charge in [0, 0.05) is 19.2 Å². The lowest BCUT2D eigenvalue weighted by atomic mass is 10.2. The number of amides is 1. The maximum atomic E-state index is 11.6. The summed E-state index contributed by atoms with van der Waals surface area (Å²) < 4.78 is 1.84. The van der Waals surface area contributed by atoms with Gasteiger partial charge in [0.25, 0.3) is 0 Å². The van der Waals surface area contributed by atoms with E-state index in [9.17, 15) is 4.79 Å². The number of hydrogen-bond acceptors (Lipinski definition) is 2. The van der Waals surface area contributed by atoms with E-state index in [-0.39, 0.29) is 5.91 Å². The summed E-state index contributed by atoms with van der Waals surface area (Å²) in [6.45, 7) is 2.89. The second kappa shape index (κ2) is 7.48. The van der Waals surface area contributed by atoms with E-state index in [1.165, 1.54) is 0 Å². The molecule has 1 aromatic heterocycles. The first-order valence-corrected chi connectivity index (χ1v) is 7.15. The van der Waals surface area contributed by atoms with Crippen molar-refractivity contribution >= 4 is 5.91 Å². The molecule has 0 aliphatic rings. The summed E-state index contributed by atoms with van der Waals surface area (Å²) in [6.07, 6.45) is 7.19. The third-order valence-electron chi connectivity index (χ3n) is 3.15. The molecule has 0 spiro atoms. The number of para-hydroxylation sites is 1. The molecule has 2 rings (SSSR count). The topological polar surface area (TPSA) is 46.9 Å². The number of benzene rings is 1. The van der Waals surface area contributed by atoms with Crippen LogP contribution in [0.3, 0.4) is 0 Å². The lowest BCUT2D eigenvalue weighted by molar-refractivity contribution is -0.121. The van der Waals surface area contributed by atoms with Crippen molar-refractivity contribution < 1.29 is 4.79 Å². The monoisotopic (exact) mass is 271 g/mol. The molecule has 0 aliphatic heterocycles. The third-order valence-corrected chi connectivity index (χ3v) is 3.15. The first-order valence-electron chi connectivity index (χ1n) is 7.15. The number of unbranched alkanes of at least 4 members (excludes halogenated alkanes) is 1. The van der Waals surface area contributed by atoms with Gasteiger partial charge in [0.2, 0.25) is 5.91 Å². The fourth-order valence-electron chi connectivity index (χ4n) is 1.96. The minimum absolute atomic E-state index is 0.117. The van der Waals surface area contributed by atoms with Crippen molar-refractivity contribution in [3.63, 3.8) is 0 Å². The van der Waals surface area contributed by atoms with Gasteiger partial charge in [-0.05, 0) is 30.5 Å². The van der Waals surface area contributed by atoms with Gasteiger partial charge in [0.1, 0.15) is 0 Å². The standard InChI is InChI=1S/C16H21N3O/c1-2-3-11-17-16(20)10-9-14-12-18-19(13-14)15-7-5-4-6-8-15/h4-8,12-13H,2-3,9-11H2,1H3,(H,17,20). The largest absolute Gasteiger partial charge is 0.356 e. The lowest BCUT2D eigenvalue weighted by Crippen LogP contribution is -2.24. The lowest BCUT2D eigenvalue weighted by Gasteiger charge is -2.03. The van der Waals surface area contributed by atoms with Crippen LogP contribution < -0.4 is 5.32 Å². The van der Waals surface area contributed by atoms with E-state index >= 15 is 0 Å². The molecule has 4 heteroatoms. The molecule has 0 bridgehead atoms. The Balaban J connectivity index is 1.83. The van der Waals surface area contributed by atoms with Gasteiger partial charge in [-0.25, -0.2) is 4.68 Å². The summed E-state index contributed by atoms with van der Waals surface area (Å²) in [4.78, 5) is 11.6. The molecule has 0 aliphatic carbocycles. The van der Waals surface area contributed by atoms with Gasteiger partial charge in [-0.2, -0.15) is 5.10 Å². The molecule has 4 nitrogen and oxygen atoms in total. The first-order chi connectivity index (χ1) is 9.79. The number of aryl methyl sites for hydroxylation is 1. The number of carbonyl (C=O) groups excluding carboxylic acids is 1. The number of nitrogens with one attached hydrogen (secondary N) is 1. The third kappa shape index (κ3) is 4.23. The molecule has 0 radical (unpaired) electrons. The molecule has 0 saturated heterocycles. The van der Waals surface area contributed by atoms with E-state index in [1.807, 2.05) is 47.4 Å². The maximum Gasteiger partial charge on any atom is 0.220 e. The molecular formula is C16H21N3O. The second-order valence-corrected chi connectivity index (χ2v) is 4.83. The summed E-state index contributed by atoms with van der Waals surface area (Å²) in [5, 5.41) is 7.25. The maximum absolute atomic E-state index is 11.6. The highest BCUT2D eigenvalue weighted by Gasteiger charge is 2.04. The van der Waals surface area contributed by atoms with Crippen molar-refractivity contribution in [1.82, 2.24) is 15.1 Å². The average molecular weight is 271 g/mol. The van der Waals surface area contributed by atoms with Gasteiger partial charge in [-0.15, -0.1) is 0 Å². The van der Waals surface area contributed by atoms with Gasteiger partial charge >= 0.3 is 0 Å². The van der Waals surface area contributed by atoms with Crippen LogP contribution in [0.1, 0.15) is 31.7 Å². The SMILES string of the molecule is CCCCNC(=O)CCc1cnn(-c2ccccc2)c1. The highest BCUT2D eigenvalue weighted by Crippen LogP contribution is 2.09. The summed E-state index contributed by atoms with van der Waals surface area (Å²) in [5.41, 5.74) is 2.12.